The summed E-state index contributed by atoms with van der Waals surface area (Å²) in [5.41, 5.74) is 5.01. The minimum absolute atomic E-state index is 0.917. The summed E-state index contributed by atoms with van der Waals surface area (Å²) in [7, 11) is 0. The van der Waals surface area contributed by atoms with Crippen LogP contribution in [0.2, 0.25) is 0 Å². The number of benzene rings is 9. The molecule has 0 saturated heterocycles. The second-order valence-electron chi connectivity index (χ2n) is 13.6. The van der Waals surface area contributed by atoms with Crippen molar-refractivity contribution in [3.63, 3.8) is 0 Å². The van der Waals surface area contributed by atoms with Gasteiger partial charge in [-0.2, -0.15) is 0 Å². The van der Waals surface area contributed by atoms with Crippen molar-refractivity contribution in [1.82, 2.24) is 9.97 Å². The fraction of sp³-hybridized carbons (Fsp3) is 0. The summed E-state index contributed by atoms with van der Waals surface area (Å²) in [6.45, 7) is 0. The van der Waals surface area contributed by atoms with Gasteiger partial charge in [0.25, 0.3) is 0 Å². The van der Waals surface area contributed by atoms with Crippen molar-refractivity contribution >= 4 is 117 Å². The lowest BCUT2D eigenvalue weighted by molar-refractivity contribution is 1.33. The lowest BCUT2D eigenvalue weighted by Gasteiger charge is -2.17. The van der Waals surface area contributed by atoms with E-state index in [1.807, 2.05) is 11.3 Å². The third-order valence-electron chi connectivity index (χ3n) is 10.8. The van der Waals surface area contributed by atoms with Gasteiger partial charge in [0.15, 0.2) is 0 Å². The summed E-state index contributed by atoms with van der Waals surface area (Å²) in [5.74, 6) is 0. The molecule has 2 nitrogen and oxygen atoms in total. The number of rotatable bonds is 2. The average Bonchev–Trinajstić information content (AvgIpc) is 3.79. The van der Waals surface area contributed by atoms with Crippen molar-refractivity contribution in [2.45, 2.75) is 0 Å². The monoisotopic (exact) mass is 694 g/mol. The third-order valence-corrected chi connectivity index (χ3v) is 13.1. The molecule has 4 heteroatoms. The predicted molar refractivity (Wildman–Crippen MR) is 226 cm³/mol. The molecule has 12 rings (SSSR count). The lowest BCUT2D eigenvalue weighted by atomic mass is 9.88. The first kappa shape index (κ1) is 28.5. The van der Waals surface area contributed by atoms with Crippen LogP contribution in [0.3, 0.4) is 0 Å². The number of hydrogen-bond donors (Lipinski definition) is 0. The molecule has 3 aromatic heterocycles. The molecule has 0 aliphatic rings. The fourth-order valence-corrected chi connectivity index (χ4v) is 11.0. The molecular formula is C48H26N2S2. The Morgan fingerprint density at radius 2 is 0.962 bits per heavy atom. The molecule has 0 saturated carbocycles. The summed E-state index contributed by atoms with van der Waals surface area (Å²) < 4.78 is 3.82. The highest BCUT2D eigenvalue weighted by molar-refractivity contribution is 7.28. The molecule has 52 heavy (non-hydrogen) atoms. The highest BCUT2D eigenvalue weighted by Gasteiger charge is 2.25. The first-order valence-corrected chi connectivity index (χ1v) is 19.2. The Hall–Kier alpha value is -6.20. The molecule has 0 unspecified atom stereocenters. The zero-order valence-corrected chi connectivity index (χ0v) is 29.4. The van der Waals surface area contributed by atoms with Gasteiger partial charge in [0.1, 0.15) is 10.3 Å². The van der Waals surface area contributed by atoms with E-state index < -0.39 is 0 Å². The molecule has 0 fully saturated rings. The van der Waals surface area contributed by atoms with Gasteiger partial charge in [-0.05, 0) is 60.6 Å². The molecule has 0 atom stereocenters. The van der Waals surface area contributed by atoms with Gasteiger partial charge in [-0.1, -0.05) is 146 Å². The van der Waals surface area contributed by atoms with Crippen molar-refractivity contribution in [3.8, 4) is 22.5 Å². The Bertz CT molecular complexity index is 3480. The van der Waals surface area contributed by atoms with Gasteiger partial charge >= 0.3 is 0 Å². The standard InChI is InChI=1S/C48H26N2S2/c1-4-16-30-27(12-1)15-11-22-35(30)43-44(49-45-36-21-9-10-23-39(36)51-48(45)50-43)38-26-29-14-3-5-17-31(29)40-33-19-7-8-20-34(33)41-37-25-24-28-13-2-6-18-32(28)46(37)52-47(41)42(38)40/h1-26H. The molecule has 0 radical (unpaired) electrons. The molecule has 3 heterocycles. The largest absolute Gasteiger partial charge is 0.242 e. The Morgan fingerprint density at radius 1 is 0.346 bits per heavy atom. The highest BCUT2D eigenvalue weighted by atomic mass is 32.1. The molecule has 12 aromatic rings. The highest BCUT2D eigenvalue weighted by Crippen LogP contribution is 2.51. The normalized spacial score (nSPS) is 12.2. The topological polar surface area (TPSA) is 25.8 Å². The van der Waals surface area contributed by atoms with E-state index >= 15 is 0 Å². The van der Waals surface area contributed by atoms with E-state index in [1.165, 1.54) is 78.7 Å². The van der Waals surface area contributed by atoms with Gasteiger partial charge in [-0.15, -0.1) is 22.7 Å². The number of hydrogen-bond acceptors (Lipinski definition) is 4. The number of nitrogens with zero attached hydrogens (tertiary/aromatic N) is 2. The second kappa shape index (κ2) is 10.7. The van der Waals surface area contributed by atoms with Crippen molar-refractivity contribution in [1.29, 1.82) is 0 Å². The van der Waals surface area contributed by atoms with Crippen LogP contribution in [0.1, 0.15) is 0 Å². The van der Waals surface area contributed by atoms with Crippen LogP contribution in [0.5, 0.6) is 0 Å². The van der Waals surface area contributed by atoms with Gasteiger partial charge in [0.2, 0.25) is 0 Å². The Kier molecular flexibility index (Phi) is 5.84. The van der Waals surface area contributed by atoms with E-state index in [4.69, 9.17) is 9.97 Å². The summed E-state index contributed by atoms with van der Waals surface area (Å²) in [5, 5.41) is 16.2. The second-order valence-corrected chi connectivity index (χ2v) is 15.7. The van der Waals surface area contributed by atoms with E-state index in [0.717, 1.165) is 38.2 Å². The maximum atomic E-state index is 5.72. The Labute approximate surface area is 305 Å². The van der Waals surface area contributed by atoms with Gasteiger partial charge in [0, 0.05) is 46.8 Å². The maximum Gasteiger partial charge on any atom is 0.143 e. The molecule has 0 N–H and O–H groups in total. The smallest absolute Gasteiger partial charge is 0.143 e. The van der Waals surface area contributed by atoms with E-state index in [9.17, 15) is 0 Å². The van der Waals surface area contributed by atoms with E-state index in [-0.39, 0.29) is 0 Å². The van der Waals surface area contributed by atoms with E-state index in [2.05, 4.69) is 158 Å². The number of fused-ring (bicyclic) bond motifs is 16. The van der Waals surface area contributed by atoms with Crippen molar-refractivity contribution in [2.24, 2.45) is 0 Å². The minimum Gasteiger partial charge on any atom is -0.242 e. The third kappa shape index (κ3) is 3.88. The van der Waals surface area contributed by atoms with Crippen LogP contribution in [0, 0.1) is 0 Å². The van der Waals surface area contributed by atoms with E-state index in [1.54, 1.807) is 11.3 Å². The predicted octanol–water partition coefficient (Wildman–Crippen LogP) is 14.3. The van der Waals surface area contributed by atoms with Gasteiger partial charge in [0.05, 0.1) is 11.4 Å². The Balaban J connectivity index is 1.35. The van der Waals surface area contributed by atoms with E-state index in [0.29, 0.717) is 0 Å². The zero-order valence-electron chi connectivity index (χ0n) is 27.7. The molecule has 240 valence electrons. The van der Waals surface area contributed by atoms with Crippen LogP contribution in [0.25, 0.3) is 117 Å². The van der Waals surface area contributed by atoms with Crippen LogP contribution >= 0.6 is 22.7 Å². The molecule has 0 bridgehead atoms. The van der Waals surface area contributed by atoms with Crippen molar-refractivity contribution in [2.75, 3.05) is 0 Å². The maximum absolute atomic E-state index is 5.72. The number of thiophene rings is 2. The van der Waals surface area contributed by atoms with Crippen LogP contribution < -0.4 is 0 Å². The van der Waals surface area contributed by atoms with Crippen LogP contribution in [-0.4, -0.2) is 9.97 Å². The fourth-order valence-electron chi connectivity index (χ4n) is 8.57. The zero-order chi connectivity index (χ0) is 33.9. The van der Waals surface area contributed by atoms with Crippen LogP contribution in [-0.2, 0) is 0 Å². The van der Waals surface area contributed by atoms with Gasteiger partial charge in [-0.3, -0.25) is 0 Å². The average molecular weight is 695 g/mol. The summed E-state index contributed by atoms with van der Waals surface area (Å²) in [6.07, 6.45) is 0. The molecular weight excluding hydrogens is 669 g/mol. The quantitative estimate of drug-likeness (QED) is 0.168. The first-order valence-electron chi connectivity index (χ1n) is 17.6. The van der Waals surface area contributed by atoms with Crippen LogP contribution in [0.4, 0.5) is 0 Å². The molecule has 0 amide bonds. The minimum atomic E-state index is 0.917. The lowest BCUT2D eigenvalue weighted by Crippen LogP contribution is -1.96. The van der Waals surface area contributed by atoms with Crippen LogP contribution in [0.15, 0.2) is 158 Å². The van der Waals surface area contributed by atoms with Crippen molar-refractivity contribution in [3.05, 3.63) is 158 Å². The van der Waals surface area contributed by atoms with Crippen molar-refractivity contribution < 1.29 is 0 Å². The molecule has 0 aliphatic carbocycles. The SMILES string of the molecule is c1ccc2c(-c3nc4sc5ccccc5c4nc3-c3cc4ccccc4c4c5ccccc5c5c6ccc7ccccc7c6sc5c34)cccc2c1. The molecule has 0 aliphatic heterocycles. The summed E-state index contributed by atoms with van der Waals surface area (Å²) >= 11 is 3.64. The molecule has 0 spiro atoms. The number of aromatic nitrogens is 2. The first-order chi connectivity index (χ1) is 25.8. The van der Waals surface area contributed by atoms with Gasteiger partial charge < -0.3 is 0 Å². The van der Waals surface area contributed by atoms with Gasteiger partial charge in [-0.25, -0.2) is 9.97 Å². The summed E-state index contributed by atoms with van der Waals surface area (Å²) in [6, 6.07) is 57.4. The molecule has 9 aromatic carbocycles. The summed E-state index contributed by atoms with van der Waals surface area (Å²) in [4.78, 5) is 12.3. The Morgan fingerprint density at radius 3 is 1.79 bits per heavy atom.